The maximum atomic E-state index is 13.0. The number of Topliss-reactive ketones (excluding diaryl/α,β-unsaturated/α-hetero) is 1. The molecular formula is C23H34N6O11. The summed E-state index contributed by atoms with van der Waals surface area (Å²) >= 11 is 0. The summed E-state index contributed by atoms with van der Waals surface area (Å²) < 4.78 is 0. The summed E-state index contributed by atoms with van der Waals surface area (Å²) in [5.74, 6) is -8.79. The summed E-state index contributed by atoms with van der Waals surface area (Å²) in [4.78, 5) is 71.8. The van der Waals surface area contributed by atoms with Gasteiger partial charge in [-0.3, -0.25) is 28.8 Å². The minimum Gasteiger partial charge on any atom is -0.480 e. The molecule has 17 nitrogen and oxygen atoms in total. The van der Waals surface area contributed by atoms with Crippen LogP contribution < -0.4 is 33.6 Å². The molecule has 0 aliphatic heterocycles. The molecule has 0 saturated heterocycles. The Morgan fingerprint density at radius 3 is 1.82 bits per heavy atom. The zero-order valence-corrected chi connectivity index (χ0v) is 21.1. The monoisotopic (exact) mass is 570 g/mol. The van der Waals surface area contributed by atoms with Crippen LogP contribution in [0.3, 0.4) is 0 Å². The Labute approximate surface area is 227 Å². The number of rotatable bonds is 17. The third kappa shape index (κ3) is 9.63. The lowest BCUT2D eigenvalue weighted by Gasteiger charge is -2.31. The predicted octanol–water partition coefficient (Wildman–Crippen LogP) is -6.13. The molecule has 0 radical (unpaired) electrons. The Morgan fingerprint density at radius 2 is 1.35 bits per heavy atom. The van der Waals surface area contributed by atoms with Crippen LogP contribution in [0.2, 0.25) is 0 Å². The molecular weight excluding hydrogens is 536 g/mol. The number of carbonyl (C=O) groups excluding carboxylic acids is 5. The first kappa shape index (κ1) is 34.0. The second kappa shape index (κ2) is 15.6. The van der Waals surface area contributed by atoms with Gasteiger partial charge in [-0.05, 0) is 5.56 Å². The van der Waals surface area contributed by atoms with E-state index in [9.17, 15) is 54.3 Å². The molecule has 1 rings (SSSR count). The van der Waals surface area contributed by atoms with Gasteiger partial charge in [-0.15, -0.1) is 0 Å². The number of carbonyl (C=O) groups is 6. The quantitative estimate of drug-likeness (QED) is 0.0831. The maximum absolute atomic E-state index is 13.0. The maximum Gasteiger partial charge on any atom is 0.321 e. The van der Waals surface area contributed by atoms with E-state index < -0.39 is 103 Å². The average Bonchev–Trinajstić information content (AvgIpc) is 2.89. The van der Waals surface area contributed by atoms with E-state index in [-0.39, 0.29) is 5.56 Å². The van der Waals surface area contributed by atoms with E-state index in [0.717, 1.165) is 0 Å². The number of nitrogens with two attached hydrogens (primary N) is 4. The van der Waals surface area contributed by atoms with E-state index in [4.69, 9.17) is 22.9 Å². The van der Waals surface area contributed by atoms with E-state index in [2.05, 4.69) is 5.32 Å². The van der Waals surface area contributed by atoms with Gasteiger partial charge in [0, 0.05) is 0 Å². The third-order valence-electron chi connectivity index (χ3n) is 5.81. The van der Waals surface area contributed by atoms with Crippen LogP contribution in [0.25, 0.3) is 0 Å². The van der Waals surface area contributed by atoms with Gasteiger partial charge >= 0.3 is 5.97 Å². The van der Waals surface area contributed by atoms with Crippen LogP contribution in [0, 0.1) is 0 Å². The summed E-state index contributed by atoms with van der Waals surface area (Å²) in [5.41, 5.74) is 21.3. The first-order valence-corrected chi connectivity index (χ1v) is 11.8. The number of benzene rings is 1. The van der Waals surface area contributed by atoms with Gasteiger partial charge in [-0.1, -0.05) is 30.3 Å². The van der Waals surface area contributed by atoms with E-state index in [1.807, 2.05) is 5.32 Å². The van der Waals surface area contributed by atoms with Crippen molar-refractivity contribution in [2.75, 3.05) is 6.61 Å². The Kier molecular flexibility index (Phi) is 13.2. The van der Waals surface area contributed by atoms with Gasteiger partial charge in [0.2, 0.25) is 23.6 Å². The molecule has 222 valence electrons. The number of carboxylic acids is 1. The zero-order valence-electron chi connectivity index (χ0n) is 21.1. The topological polar surface area (TPSA) is 332 Å². The van der Waals surface area contributed by atoms with Gasteiger partial charge in [0.15, 0.2) is 5.78 Å². The van der Waals surface area contributed by atoms with Crippen molar-refractivity contribution in [2.24, 2.45) is 22.9 Å². The van der Waals surface area contributed by atoms with Gasteiger partial charge in [-0.2, -0.15) is 0 Å². The molecule has 0 spiro atoms. The van der Waals surface area contributed by atoms with E-state index in [1.54, 1.807) is 6.07 Å². The molecule has 17 heteroatoms. The number of aliphatic hydroxyl groups excluding tert-OH is 4. The number of aliphatic carboxylic acids is 1. The molecule has 0 aromatic heterocycles. The minimum absolute atomic E-state index is 0.0923. The third-order valence-corrected chi connectivity index (χ3v) is 5.81. The molecule has 0 fully saturated rings. The van der Waals surface area contributed by atoms with Crippen LogP contribution in [-0.4, -0.2) is 110 Å². The van der Waals surface area contributed by atoms with Crippen LogP contribution in [-0.2, 0) is 28.8 Å². The number of nitrogens with one attached hydrogen (secondary N) is 2. The summed E-state index contributed by atoms with van der Waals surface area (Å²) in [6, 6.07) is 0.395. The minimum atomic E-state index is -2.44. The van der Waals surface area contributed by atoms with Crippen LogP contribution in [0.1, 0.15) is 24.3 Å². The van der Waals surface area contributed by atoms with Crippen molar-refractivity contribution in [3.8, 4) is 0 Å². The van der Waals surface area contributed by atoms with Crippen molar-refractivity contribution in [3.63, 3.8) is 0 Å². The van der Waals surface area contributed by atoms with Crippen molar-refractivity contribution in [1.29, 1.82) is 0 Å². The standard InChI is InChI=1S/C23H34N6O11/c24-10(6-13(25)31)21(37)28-11(7-14(26)32)22(38)29-12(8-30)17(33)19(35)20(36)18(34)15(16(27)23(39)40)9-4-2-1-3-5-9/h1-5,10-12,15-17,19-20,30,33,35-36H,6-8,24,27H2,(H2,25,31)(H2,26,32)(H,28,37)(H,29,38)(H,39,40)/t10-,11-,12-,15?,16-,17+,19+,20+/m0/s1. The number of amides is 4. The lowest BCUT2D eigenvalue weighted by molar-refractivity contribution is -0.148. The number of carboxylic acid groups (broad SMARTS) is 1. The summed E-state index contributed by atoms with van der Waals surface area (Å²) in [5, 5.41) is 54.7. The highest BCUT2D eigenvalue weighted by molar-refractivity contribution is 5.96. The lowest BCUT2D eigenvalue weighted by Crippen LogP contribution is -2.60. The van der Waals surface area contributed by atoms with Crippen LogP contribution >= 0.6 is 0 Å². The Hall–Kier alpha value is -4.00. The fourth-order valence-corrected chi connectivity index (χ4v) is 3.65. The molecule has 8 atom stereocenters. The molecule has 0 aliphatic carbocycles. The molecule has 0 bridgehead atoms. The fraction of sp³-hybridized carbons (Fsp3) is 0.478. The normalized spacial score (nSPS) is 17.1. The highest BCUT2D eigenvalue weighted by Gasteiger charge is 2.42. The van der Waals surface area contributed by atoms with Crippen LogP contribution in [0.4, 0.5) is 0 Å². The first-order valence-electron chi connectivity index (χ1n) is 11.8. The summed E-state index contributed by atoms with van der Waals surface area (Å²) in [6.07, 6.45) is -8.45. The largest absolute Gasteiger partial charge is 0.480 e. The molecule has 4 amide bonds. The smallest absolute Gasteiger partial charge is 0.321 e. The number of primary amides is 2. The van der Waals surface area contributed by atoms with Crippen LogP contribution in [0.5, 0.6) is 0 Å². The molecule has 1 unspecified atom stereocenters. The highest BCUT2D eigenvalue weighted by atomic mass is 16.4. The molecule has 1 aromatic carbocycles. The summed E-state index contributed by atoms with van der Waals surface area (Å²) in [7, 11) is 0. The Balaban J connectivity index is 3.10. The van der Waals surface area contributed by atoms with Gasteiger partial charge in [0.25, 0.3) is 0 Å². The Morgan fingerprint density at radius 1 is 0.800 bits per heavy atom. The van der Waals surface area contributed by atoms with Gasteiger partial charge in [0.1, 0.15) is 30.4 Å². The predicted molar refractivity (Wildman–Crippen MR) is 134 cm³/mol. The van der Waals surface area contributed by atoms with Gasteiger partial charge < -0.3 is 59.1 Å². The second-order valence-electron chi connectivity index (χ2n) is 8.89. The number of ketones is 1. The molecule has 0 aliphatic rings. The number of aliphatic hydroxyl groups is 4. The van der Waals surface area contributed by atoms with Crippen molar-refractivity contribution < 1.29 is 54.3 Å². The molecule has 1 aromatic rings. The second-order valence-corrected chi connectivity index (χ2v) is 8.89. The lowest BCUT2D eigenvalue weighted by atomic mass is 9.83. The first-order chi connectivity index (χ1) is 18.6. The van der Waals surface area contributed by atoms with Crippen LogP contribution in [0.15, 0.2) is 30.3 Å². The molecule has 0 heterocycles. The number of hydrogen-bond donors (Lipinski definition) is 11. The SMILES string of the molecule is NC(=O)C[C@H](NC(=O)[C@@H](N)CC(N)=O)C(=O)N[C@@H](CO)[C@@H](O)[C@@H](O)[C@H](O)C(=O)C(c1ccccc1)[C@H](N)C(=O)O. The van der Waals surface area contributed by atoms with Crippen molar-refractivity contribution in [1.82, 2.24) is 10.6 Å². The average molecular weight is 571 g/mol. The van der Waals surface area contributed by atoms with Gasteiger partial charge in [0.05, 0.1) is 37.5 Å². The fourth-order valence-electron chi connectivity index (χ4n) is 3.65. The highest BCUT2D eigenvalue weighted by Crippen LogP contribution is 2.23. The Bertz CT molecular complexity index is 1070. The van der Waals surface area contributed by atoms with Crippen molar-refractivity contribution in [3.05, 3.63) is 35.9 Å². The van der Waals surface area contributed by atoms with Crippen molar-refractivity contribution >= 4 is 35.4 Å². The molecule has 0 saturated carbocycles. The summed E-state index contributed by atoms with van der Waals surface area (Å²) in [6.45, 7) is -1.08. The number of hydrogen-bond acceptors (Lipinski definition) is 12. The van der Waals surface area contributed by atoms with Crippen molar-refractivity contribution in [2.45, 2.75) is 61.2 Å². The van der Waals surface area contributed by atoms with Gasteiger partial charge in [-0.25, -0.2) is 0 Å². The zero-order chi connectivity index (χ0) is 30.7. The molecule has 40 heavy (non-hydrogen) atoms. The van der Waals surface area contributed by atoms with E-state index in [0.29, 0.717) is 0 Å². The van der Waals surface area contributed by atoms with E-state index >= 15 is 0 Å². The van der Waals surface area contributed by atoms with E-state index in [1.165, 1.54) is 24.3 Å². The molecule has 15 N–H and O–H groups in total.